The first kappa shape index (κ1) is 13.5. The van der Waals surface area contributed by atoms with Gasteiger partial charge in [0.05, 0.1) is 0 Å². The van der Waals surface area contributed by atoms with E-state index in [0.29, 0.717) is 11.4 Å². The van der Waals surface area contributed by atoms with E-state index in [1.165, 1.54) is 0 Å². The third-order valence-corrected chi connectivity index (χ3v) is 3.36. The molecule has 1 saturated heterocycles. The van der Waals surface area contributed by atoms with E-state index in [1.807, 2.05) is 31.2 Å². The highest BCUT2D eigenvalue weighted by atomic mass is 35.5. The van der Waals surface area contributed by atoms with Crippen LogP contribution in [0.25, 0.3) is 0 Å². The molecule has 16 heavy (non-hydrogen) atoms. The van der Waals surface area contributed by atoms with Gasteiger partial charge >= 0.3 is 0 Å². The SMILES string of the molecule is CC1(c2ccccc2Cl)NCCCC1=O.Cl. The third-order valence-electron chi connectivity index (χ3n) is 3.03. The molecule has 2 rings (SSSR count). The third kappa shape index (κ3) is 2.24. The van der Waals surface area contributed by atoms with Crippen LogP contribution in [0.5, 0.6) is 0 Å². The Hall–Kier alpha value is -0.570. The van der Waals surface area contributed by atoms with Gasteiger partial charge in [-0.15, -0.1) is 12.4 Å². The molecule has 4 heteroatoms. The summed E-state index contributed by atoms with van der Waals surface area (Å²) in [6, 6.07) is 7.53. The van der Waals surface area contributed by atoms with Crippen molar-refractivity contribution in [3.8, 4) is 0 Å². The summed E-state index contributed by atoms with van der Waals surface area (Å²) in [6.07, 6.45) is 1.55. The van der Waals surface area contributed by atoms with Gasteiger partial charge in [-0.1, -0.05) is 29.8 Å². The van der Waals surface area contributed by atoms with Gasteiger partial charge in [0.1, 0.15) is 5.54 Å². The number of halogens is 2. The van der Waals surface area contributed by atoms with Crippen molar-refractivity contribution < 1.29 is 4.79 Å². The number of piperidine rings is 1. The van der Waals surface area contributed by atoms with E-state index in [4.69, 9.17) is 11.6 Å². The Kier molecular flexibility index (Phi) is 4.36. The maximum Gasteiger partial charge on any atom is 0.157 e. The second-order valence-corrected chi connectivity index (χ2v) is 4.47. The molecule has 1 aliphatic rings. The molecule has 2 nitrogen and oxygen atoms in total. The number of rotatable bonds is 1. The van der Waals surface area contributed by atoms with Crippen molar-refractivity contribution in [3.63, 3.8) is 0 Å². The standard InChI is InChI=1S/C12H14ClNO.ClH/c1-12(11(15)7-4-8-14-12)9-5-2-3-6-10(9)13;/h2-3,5-6,14H,4,7-8H2,1H3;1H. The molecular weight excluding hydrogens is 245 g/mol. The van der Waals surface area contributed by atoms with Gasteiger partial charge in [-0.2, -0.15) is 0 Å². The largest absolute Gasteiger partial charge is 0.301 e. The Bertz CT molecular complexity index is 394. The fraction of sp³-hybridized carbons (Fsp3) is 0.417. The number of ketones is 1. The van der Waals surface area contributed by atoms with Crippen molar-refractivity contribution in [3.05, 3.63) is 34.9 Å². The molecule has 1 aromatic carbocycles. The van der Waals surface area contributed by atoms with E-state index in [0.717, 1.165) is 18.5 Å². The molecule has 1 heterocycles. The first-order valence-corrected chi connectivity index (χ1v) is 5.56. The minimum absolute atomic E-state index is 0. The predicted molar refractivity (Wildman–Crippen MR) is 68.3 cm³/mol. The number of carbonyl (C=O) groups is 1. The Morgan fingerprint density at radius 3 is 2.69 bits per heavy atom. The van der Waals surface area contributed by atoms with Crippen LogP contribution in [0, 0.1) is 0 Å². The lowest BCUT2D eigenvalue weighted by atomic mass is 9.83. The normalized spacial score (nSPS) is 25.0. The van der Waals surface area contributed by atoms with Crippen molar-refractivity contribution in [1.82, 2.24) is 5.32 Å². The van der Waals surface area contributed by atoms with Crippen LogP contribution >= 0.6 is 24.0 Å². The van der Waals surface area contributed by atoms with Gasteiger partial charge in [0, 0.05) is 11.4 Å². The monoisotopic (exact) mass is 259 g/mol. The van der Waals surface area contributed by atoms with Gasteiger partial charge in [-0.25, -0.2) is 0 Å². The van der Waals surface area contributed by atoms with Crippen molar-refractivity contribution in [2.24, 2.45) is 0 Å². The summed E-state index contributed by atoms with van der Waals surface area (Å²) >= 11 is 6.12. The van der Waals surface area contributed by atoms with Gasteiger partial charge in [0.2, 0.25) is 0 Å². The number of carbonyl (C=O) groups excluding carboxylic acids is 1. The number of hydrogen-bond acceptors (Lipinski definition) is 2. The first-order valence-electron chi connectivity index (χ1n) is 5.18. The highest BCUT2D eigenvalue weighted by molar-refractivity contribution is 6.31. The van der Waals surface area contributed by atoms with E-state index >= 15 is 0 Å². The predicted octanol–water partition coefficient (Wildman–Crippen LogP) is 2.93. The Morgan fingerprint density at radius 2 is 2.06 bits per heavy atom. The maximum atomic E-state index is 11.9. The van der Waals surface area contributed by atoms with Gasteiger partial charge in [-0.05, 0) is 31.5 Å². The fourth-order valence-electron chi connectivity index (χ4n) is 2.05. The van der Waals surface area contributed by atoms with Crippen LogP contribution in [-0.4, -0.2) is 12.3 Å². The highest BCUT2D eigenvalue weighted by Crippen LogP contribution is 2.31. The second-order valence-electron chi connectivity index (χ2n) is 4.06. The molecule has 0 radical (unpaired) electrons. The molecular formula is C12H15Cl2NO. The Balaban J connectivity index is 0.00000128. The molecule has 1 fully saturated rings. The molecule has 0 spiro atoms. The molecule has 1 N–H and O–H groups in total. The van der Waals surface area contributed by atoms with E-state index in [1.54, 1.807) is 0 Å². The molecule has 0 bridgehead atoms. The number of Topliss-reactive ketones (excluding diaryl/α,β-unsaturated/α-hetero) is 1. The number of nitrogens with one attached hydrogen (secondary N) is 1. The smallest absolute Gasteiger partial charge is 0.157 e. The van der Waals surface area contributed by atoms with E-state index < -0.39 is 5.54 Å². The molecule has 1 atom stereocenters. The second kappa shape index (κ2) is 5.17. The summed E-state index contributed by atoms with van der Waals surface area (Å²) in [5.41, 5.74) is 0.285. The van der Waals surface area contributed by atoms with Crippen molar-refractivity contribution in [1.29, 1.82) is 0 Å². The van der Waals surface area contributed by atoms with Gasteiger partial charge in [-0.3, -0.25) is 4.79 Å². The Morgan fingerprint density at radius 1 is 1.38 bits per heavy atom. The lowest BCUT2D eigenvalue weighted by molar-refractivity contribution is -0.126. The summed E-state index contributed by atoms with van der Waals surface area (Å²) < 4.78 is 0. The fourth-order valence-corrected chi connectivity index (χ4v) is 2.37. The minimum Gasteiger partial charge on any atom is -0.301 e. The average molecular weight is 260 g/mol. The molecule has 1 aromatic rings. The van der Waals surface area contributed by atoms with E-state index in [9.17, 15) is 4.79 Å². The molecule has 0 saturated carbocycles. The van der Waals surface area contributed by atoms with Crippen LogP contribution in [0.15, 0.2) is 24.3 Å². The van der Waals surface area contributed by atoms with Crippen LogP contribution < -0.4 is 5.32 Å². The van der Waals surface area contributed by atoms with E-state index in [2.05, 4.69) is 5.32 Å². The summed E-state index contributed by atoms with van der Waals surface area (Å²) in [6.45, 7) is 2.78. The Labute approximate surface area is 107 Å². The zero-order valence-corrected chi connectivity index (χ0v) is 10.7. The van der Waals surface area contributed by atoms with Gasteiger partial charge < -0.3 is 5.32 Å². The molecule has 0 aromatic heterocycles. The zero-order chi connectivity index (χ0) is 10.9. The summed E-state index contributed by atoms with van der Waals surface area (Å²) in [4.78, 5) is 11.9. The molecule has 1 unspecified atom stereocenters. The summed E-state index contributed by atoms with van der Waals surface area (Å²) in [5.74, 6) is 0.224. The van der Waals surface area contributed by atoms with Crippen LogP contribution in [0.2, 0.25) is 5.02 Å². The topological polar surface area (TPSA) is 29.1 Å². The van der Waals surface area contributed by atoms with Crippen LogP contribution in [0.1, 0.15) is 25.3 Å². The van der Waals surface area contributed by atoms with Crippen molar-refractivity contribution in [2.75, 3.05) is 6.54 Å². The average Bonchev–Trinajstić information content (AvgIpc) is 2.23. The summed E-state index contributed by atoms with van der Waals surface area (Å²) in [7, 11) is 0. The van der Waals surface area contributed by atoms with Crippen molar-refractivity contribution >= 4 is 29.8 Å². The molecule has 88 valence electrons. The molecule has 0 aliphatic carbocycles. The molecule has 0 amide bonds. The van der Waals surface area contributed by atoms with Crippen LogP contribution in [0.3, 0.4) is 0 Å². The van der Waals surface area contributed by atoms with Gasteiger partial charge in [0.25, 0.3) is 0 Å². The first-order chi connectivity index (χ1) is 7.14. The lowest BCUT2D eigenvalue weighted by Crippen LogP contribution is -2.50. The number of benzene rings is 1. The molecule has 1 aliphatic heterocycles. The van der Waals surface area contributed by atoms with Crippen molar-refractivity contribution in [2.45, 2.75) is 25.3 Å². The lowest BCUT2D eigenvalue weighted by Gasteiger charge is -2.34. The highest BCUT2D eigenvalue weighted by Gasteiger charge is 2.37. The van der Waals surface area contributed by atoms with Gasteiger partial charge in [0.15, 0.2) is 5.78 Å². The van der Waals surface area contributed by atoms with Crippen LogP contribution in [0.4, 0.5) is 0 Å². The summed E-state index contributed by atoms with van der Waals surface area (Å²) in [5, 5.41) is 3.92. The van der Waals surface area contributed by atoms with E-state index in [-0.39, 0.29) is 18.2 Å². The zero-order valence-electron chi connectivity index (χ0n) is 9.13. The number of hydrogen-bond donors (Lipinski definition) is 1. The maximum absolute atomic E-state index is 11.9. The quantitative estimate of drug-likeness (QED) is 0.841. The minimum atomic E-state index is -0.601. The van der Waals surface area contributed by atoms with Crippen LogP contribution in [-0.2, 0) is 10.3 Å².